The third kappa shape index (κ3) is 2.62. The van der Waals surface area contributed by atoms with Gasteiger partial charge in [0.2, 0.25) is 0 Å². The first-order chi connectivity index (χ1) is 8.58. The molecular weight excluding hydrogens is 224 g/mol. The number of rotatable bonds is 3. The van der Waals surface area contributed by atoms with Gasteiger partial charge in [-0.2, -0.15) is 0 Å². The van der Waals surface area contributed by atoms with E-state index >= 15 is 0 Å². The Balaban J connectivity index is 2.22. The number of anilines is 1. The average molecular weight is 242 g/mol. The van der Waals surface area contributed by atoms with Gasteiger partial charge in [0.25, 0.3) is 0 Å². The van der Waals surface area contributed by atoms with Crippen molar-refractivity contribution in [3.63, 3.8) is 0 Å². The van der Waals surface area contributed by atoms with E-state index in [1.165, 1.54) is 0 Å². The highest BCUT2D eigenvalue weighted by molar-refractivity contribution is 5.57. The Kier molecular flexibility index (Phi) is 3.51. The van der Waals surface area contributed by atoms with Gasteiger partial charge in [-0.25, -0.2) is 0 Å². The van der Waals surface area contributed by atoms with Crippen LogP contribution >= 0.6 is 0 Å². The van der Waals surface area contributed by atoms with Crippen LogP contribution in [0.2, 0.25) is 0 Å². The summed E-state index contributed by atoms with van der Waals surface area (Å²) in [5.41, 5.74) is 4.10. The number of nitrogens with one attached hydrogen (secondary N) is 1. The molecule has 3 nitrogen and oxygen atoms in total. The lowest BCUT2D eigenvalue weighted by Gasteiger charge is -2.18. The molecule has 18 heavy (non-hydrogen) atoms. The molecule has 0 aliphatic heterocycles. The fraction of sp³-hybridized carbons (Fsp3) is 0.267. The molecule has 0 saturated heterocycles. The minimum atomic E-state index is 0.182. The lowest BCUT2D eigenvalue weighted by Crippen LogP contribution is -2.08. The first-order valence-corrected chi connectivity index (χ1v) is 6.04. The summed E-state index contributed by atoms with van der Waals surface area (Å²) < 4.78 is 0. The number of hydrogen-bond donors (Lipinski definition) is 2. The van der Waals surface area contributed by atoms with Crippen LogP contribution in [0.5, 0.6) is 5.75 Å². The molecule has 0 amide bonds. The first-order valence-electron chi connectivity index (χ1n) is 6.04. The van der Waals surface area contributed by atoms with Crippen molar-refractivity contribution < 1.29 is 5.11 Å². The molecule has 0 aliphatic carbocycles. The fourth-order valence-electron chi connectivity index (χ4n) is 1.91. The minimum Gasteiger partial charge on any atom is -0.508 e. The third-order valence-electron chi connectivity index (χ3n) is 3.10. The monoisotopic (exact) mass is 242 g/mol. The fourth-order valence-corrected chi connectivity index (χ4v) is 1.91. The molecule has 3 heteroatoms. The van der Waals surface area contributed by atoms with Crippen LogP contribution in [0, 0.1) is 13.8 Å². The van der Waals surface area contributed by atoms with Gasteiger partial charge in [-0.1, -0.05) is 6.07 Å². The molecule has 94 valence electrons. The van der Waals surface area contributed by atoms with Crippen LogP contribution < -0.4 is 5.32 Å². The highest BCUT2D eigenvalue weighted by Crippen LogP contribution is 2.27. The zero-order valence-corrected chi connectivity index (χ0v) is 10.9. The van der Waals surface area contributed by atoms with E-state index in [-0.39, 0.29) is 6.04 Å². The number of aromatic nitrogens is 1. The standard InChI is InChI=1S/C15H18N2O/c1-10-8-15(18)11(2)7-14(10)17-12(3)13-5-4-6-16-9-13/h4-9,12,17-18H,1-3H3. The van der Waals surface area contributed by atoms with Crippen molar-refractivity contribution in [2.75, 3.05) is 5.32 Å². The predicted molar refractivity (Wildman–Crippen MR) is 73.9 cm³/mol. The first kappa shape index (κ1) is 12.4. The third-order valence-corrected chi connectivity index (χ3v) is 3.10. The average Bonchev–Trinajstić information content (AvgIpc) is 2.37. The van der Waals surface area contributed by atoms with Crippen molar-refractivity contribution in [2.45, 2.75) is 26.8 Å². The molecule has 1 unspecified atom stereocenters. The number of hydrogen-bond acceptors (Lipinski definition) is 3. The van der Waals surface area contributed by atoms with E-state index in [4.69, 9.17) is 0 Å². The van der Waals surface area contributed by atoms with Crippen molar-refractivity contribution in [3.05, 3.63) is 53.3 Å². The number of aromatic hydroxyl groups is 1. The van der Waals surface area contributed by atoms with Gasteiger partial charge in [0, 0.05) is 18.1 Å². The molecule has 1 atom stereocenters. The zero-order chi connectivity index (χ0) is 13.1. The van der Waals surface area contributed by atoms with Gasteiger partial charge < -0.3 is 10.4 Å². The van der Waals surface area contributed by atoms with Crippen LogP contribution in [-0.2, 0) is 0 Å². The van der Waals surface area contributed by atoms with Crippen molar-refractivity contribution in [1.82, 2.24) is 4.98 Å². The highest BCUT2D eigenvalue weighted by Gasteiger charge is 2.08. The van der Waals surface area contributed by atoms with Gasteiger partial charge in [0.15, 0.2) is 0 Å². The number of nitrogens with zero attached hydrogens (tertiary/aromatic N) is 1. The molecule has 0 radical (unpaired) electrons. The largest absolute Gasteiger partial charge is 0.508 e. The van der Waals surface area contributed by atoms with Gasteiger partial charge in [-0.3, -0.25) is 4.98 Å². The van der Waals surface area contributed by atoms with E-state index in [9.17, 15) is 5.11 Å². The summed E-state index contributed by atoms with van der Waals surface area (Å²) in [5.74, 6) is 0.340. The van der Waals surface area contributed by atoms with Gasteiger partial charge in [0.1, 0.15) is 5.75 Å². The van der Waals surface area contributed by atoms with E-state index in [0.717, 1.165) is 22.4 Å². The van der Waals surface area contributed by atoms with E-state index in [0.29, 0.717) is 5.75 Å². The molecular formula is C15H18N2O. The molecule has 1 aromatic carbocycles. The van der Waals surface area contributed by atoms with Crippen LogP contribution in [0.25, 0.3) is 0 Å². The summed E-state index contributed by atoms with van der Waals surface area (Å²) in [5, 5.41) is 13.1. The Morgan fingerprint density at radius 2 is 2.00 bits per heavy atom. The highest BCUT2D eigenvalue weighted by atomic mass is 16.3. The van der Waals surface area contributed by atoms with E-state index in [1.54, 1.807) is 12.3 Å². The van der Waals surface area contributed by atoms with E-state index in [1.807, 2.05) is 38.2 Å². The molecule has 0 spiro atoms. The topological polar surface area (TPSA) is 45.2 Å². The Morgan fingerprint density at radius 3 is 2.67 bits per heavy atom. The maximum Gasteiger partial charge on any atom is 0.118 e. The summed E-state index contributed by atoms with van der Waals surface area (Å²) in [6.07, 6.45) is 3.63. The molecule has 0 bridgehead atoms. The van der Waals surface area contributed by atoms with Crippen LogP contribution in [-0.4, -0.2) is 10.1 Å². The van der Waals surface area contributed by atoms with Crippen LogP contribution in [0.1, 0.15) is 29.7 Å². The smallest absolute Gasteiger partial charge is 0.118 e. The van der Waals surface area contributed by atoms with Gasteiger partial charge in [0.05, 0.1) is 6.04 Å². The SMILES string of the molecule is Cc1cc(NC(C)c2cccnc2)c(C)cc1O. The number of phenolic OH excluding ortho intramolecular Hbond substituents is 1. The number of benzene rings is 1. The van der Waals surface area contributed by atoms with Crippen molar-refractivity contribution in [3.8, 4) is 5.75 Å². The molecule has 0 saturated carbocycles. The Labute approximate surface area is 108 Å². The minimum absolute atomic E-state index is 0.182. The molecule has 0 aliphatic rings. The summed E-state index contributed by atoms with van der Waals surface area (Å²) in [6, 6.07) is 7.92. The lowest BCUT2D eigenvalue weighted by molar-refractivity contribution is 0.470. The van der Waals surface area contributed by atoms with Gasteiger partial charge in [-0.15, -0.1) is 0 Å². The number of aryl methyl sites for hydroxylation is 2. The summed E-state index contributed by atoms with van der Waals surface area (Å²) in [4.78, 5) is 4.12. The Hall–Kier alpha value is -2.03. The molecule has 2 N–H and O–H groups in total. The van der Waals surface area contributed by atoms with Gasteiger partial charge >= 0.3 is 0 Å². The van der Waals surface area contributed by atoms with E-state index in [2.05, 4.69) is 17.2 Å². The summed E-state index contributed by atoms with van der Waals surface area (Å²) >= 11 is 0. The normalized spacial score (nSPS) is 12.2. The number of phenols is 1. The van der Waals surface area contributed by atoms with E-state index < -0.39 is 0 Å². The Bertz CT molecular complexity index is 538. The van der Waals surface area contributed by atoms with Crippen molar-refractivity contribution in [2.24, 2.45) is 0 Å². The molecule has 1 heterocycles. The maximum absolute atomic E-state index is 9.64. The van der Waals surface area contributed by atoms with Crippen molar-refractivity contribution in [1.29, 1.82) is 0 Å². The van der Waals surface area contributed by atoms with Crippen LogP contribution in [0.3, 0.4) is 0 Å². The molecule has 2 aromatic rings. The molecule has 1 aromatic heterocycles. The zero-order valence-electron chi connectivity index (χ0n) is 10.9. The number of pyridine rings is 1. The second-order valence-corrected chi connectivity index (χ2v) is 4.61. The second kappa shape index (κ2) is 5.08. The van der Waals surface area contributed by atoms with Crippen LogP contribution in [0.4, 0.5) is 5.69 Å². The summed E-state index contributed by atoms with van der Waals surface area (Å²) in [6.45, 7) is 5.98. The molecule has 0 fully saturated rings. The molecule has 2 rings (SSSR count). The van der Waals surface area contributed by atoms with Crippen molar-refractivity contribution >= 4 is 5.69 Å². The Morgan fingerprint density at radius 1 is 1.22 bits per heavy atom. The summed E-state index contributed by atoms with van der Waals surface area (Å²) in [7, 11) is 0. The lowest BCUT2D eigenvalue weighted by atomic mass is 10.1. The van der Waals surface area contributed by atoms with Gasteiger partial charge in [-0.05, 0) is 55.7 Å². The maximum atomic E-state index is 9.64. The van der Waals surface area contributed by atoms with Crippen LogP contribution in [0.15, 0.2) is 36.7 Å². The predicted octanol–water partition coefficient (Wildman–Crippen LogP) is 3.58. The second-order valence-electron chi connectivity index (χ2n) is 4.61. The quantitative estimate of drug-likeness (QED) is 0.809.